The summed E-state index contributed by atoms with van der Waals surface area (Å²) in [5.41, 5.74) is 2.20. The van der Waals surface area contributed by atoms with E-state index in [9.17, 15) is 4.79 Å². The van der Waals surface area contributed by atoms with Crippen molar-refractivity contribution in [3.8, 4) is 0 Å². The molecule has 0 aliphatic carbocycles. The average Bonchev–Trinajstić information content (AvgIpc) is 2.27. The first-order chi connectivity index (χ1) is 7.63. The lowest BCUT2D eigenvalue weighted by Gasteiger charge is -2.14. The molecule has 1 rings (SSSR count). The van der Waals surface area contributed by atoms with Crippen molar-refractivity contribution in [2.45, 2.75) is 19.9 Å². The van der Waals surface area contributed by atoms with Gasteiger partial charge in [0.15, 0.2) is 0 Å². The maximum Gasteiger partial charge on any atom is 0.407 e. The van der Waals surface area contributed by atoms with E-state index in [1.54, 1.807) is 0 Å². The summed E-state index contributed by atoms with van der Waals surface area (Å²) in [7, 11) is 0. The number of carbonyl (C=O) groups excluding carboxylic acids is 1. The van der Waals surface area contributed by atoms with Crippen LogP contribution in [0.15, 0.2) is 24.3 Å². The number of hydrogen-bond acceptors (Lipinski definition) is 3. The second kappa shape index (κ2) is 6.12. The molecule has 2 N–H and O–H groups in total. The number of alkyl carbamates (subject to hydrolysis) is 1. The Bertz CT molecular complexity index is 335. The lowest BCUT2D eigenvalue weighted by atomic mass is 10.1. The zero-order valence-electron chi connectivity index (χ0n) is 9.56. The molecule has 0 aliphatic rings. The Balaban J connectivity index is 2.48. The molecule has 0 spiro atoms. The molecule has 0 saturated carbocycles. The zero-order chi connectivity index (χ0) is 12.0. The minimum absolute atomic E-state index is 0.0203. The van der Waals surface area contributed by atoms with Gasteiger partial charge in [0.25, 0.3) is 0 Å². The van der Waals surface area contributed by atoms with Crippen LogP contribution in [0.5, 0.6) is 0 Å². The molecule has 0 heterocycles. The summed E-state index contributed by atoms with van der Waals surface area (Å²) in [5.74, 6) is 0. The highest BCUT2D eigenvalue weighted by atomic mass is 16.6. The predicted molar refractivity (Wildman–Crippen MR) is 61.2 cm³/mol. The molecular formula is C12H17NO3. The third-order valence-electron chi connectivity index (χ3n) is 2.24. The lowest BCUT2D eigenvalue weighted by Crippen LogP contribution is -2.28. The van der Waals surface area contributed by atoms with E-state index >= 15 is 0 Å². The standard InChI is InChI=1S/C12H17NO3/c1-9-3-5-11(6-4-9)10(2)13-12(15)16-8-7-14/h3-6,10,14H,7-8H2,1-2H3,(H,13,15)/t10-/m1/s1. The molecule has 1 atom stereocenters. The number of amides is 1. The van der Waals surface area contributed by atoms with Crippen LogP contribution in [0.1, 0.15) is 24.1 Å². The molecule has 0 unspecified atom stereocenters. The first-order valence-corrected chi connectivity index (χ1v) is 5.24. The fourth-order valence-corrected chi connectivity index (χ4v) is 1.30. The third kappa shape index (κ3) is 3.90. The van der Waals surface area contributed by atoms with E-state index in [1.807, 2.05) is 38.1 Å². The van der Waals surface area contributed by atoms with Gasteiger partial charge in [-0.15, -0.1) is 0 Å². The minimum Gasteiger partial charge on any atom is -0.447 e. The van der Waals surface area contributed by atoms with Crippen LogP contribution < -0.4 is 5.32 Å². The van der Waals surface area contributed by atoms with Gasteiger partial charge in [-0.05, 0) is 19.4 Å². The van der Waals surface area contributed by atoms with Gasteiger partial charge in [-0.25, -0.2) is 4.79 Å². The van der Waals surface area contributed by atoms with Gasteiger partial charge in [-0.2, -0.15) is 0 Å². The fourth-order valence-electron chi connectivity index (χ4n) is 1.30. The monoisotopic (exact) mass is 223 g/mol. The molecule has 0 fully saturated rings. The van der Waals surface area contributed by atoms with E-state index in [0.717, 1.165) is 5.56 Å². The van der Waals surface area contributed by atoms with Crippen molar-refractivity contribution in [1.29, 1.82) is 0 Å². The van der Waals surface area contributed by atoms with Crippen molar-refractivity contribution in [1.82, 2.24) is 5.32 Å². The van der Waals surface area contributed by atoms with E-state index in [1.165, 1.54) is 5.56 Å². The minimum atomic E-state index is -0.512. The second-order valence-electron chi connectivity index (χ2n) is 3.64. The summed E-state index contributed by atoms with van der Waals surface area (Å²) >= 11 is 0. The first-order valence-electron chi connectivity index (χ1n) is 5.24. The van der Waals surface area contributed by atoms with Gasteiger partial charge in [0, 0.05) is 0 Å². The highest BCUT2D eigenvalue weighted by molar-refractivity contribution is 5.67. The summed E-state index contributed by atoms with van der Waals surface area (Å²) in [6.07, 6.45) is -0.512. The second-order valence-corrected chi connectivity index (χ2v) is 3.64. The average molecular weight is 223 g/mol. The Morgan fingerprint density at radius 2 is 2.06 bits per heavy atom. The number of ether oxygens (including phenoxy) is 1. The summed E-state index contributed by atoms with van der Waals surface area (Å²) in [6.45, 7) is 3.75. The van der Waals surface area contributed by atoms with Gasteiger partial charge in [0.2, 0.25) is 0 Å². The van der Waals surface area contributed by atoms with Crippen molar-refractivity contribution in [2.24, 2.45) is 0 Å². The molecule has 0 bridgehead atoms. The van der Waals surface area contributed by atoms with Crippen LogP contribution in [0.4, 0.5) is 4.79 Å². The van der Waals surface area contributed by atoms with Gasteiger partial charge < -0.3 is 15.2 Å². The Kier molecular flexibility index (Phi) is 4.79. The van der Waals surface area contributed by atoms with Crippen molar-refractivity contribution in [3.05, 3.63) is 35.4 Å². The SMILES string of the molecule is Cc1ccc([C@@H](C)NC(=O)OCCO)cc1. The van der Waals surface area contributed by atoms with Crippen molar-refractivity contribution in [3.63, 3.8) is 0 Å². The molecule has 4 nitrogen and oxygen atoms in total. The van der Waals surface area contributed by atoms with Crippen molar-refractivity contribution >= 4 is 6.09 Å². The summed E-state index contributed by atoms with van der Waals surface area (Å²) < 4.78 is 4.71. The number of aliphatic hydroxyl groups is 1. The van der Waals surface area contributed by atoms with Gasteiger partial charge >= 0.3 is 6.09 Å². The van der Waals surface area contributed by atoms with Gasteiger partial charge in [-0.3, -0.25) is 0 Å². The molecule has 0 radical (unpaired) electrons. The first kappa shape index (κ1) is 12.5. The Morgan fingerprint density at radius 1 is 1.44 bits per heavy atom. The number of aliphatic hydroxyl groups excluding tert-OH is 1. The largest absolute Gasteiger partial charge is 0.447 e. The van der Waals surface area contributed by atoms with Crippen LogP contribution in [0.2, 0.25) is 0 Å². The van der Waals surface area contributed by atoms with Crippen LogP contribution in [0.3, 0.4) is 0 Å². The number of carbonyl (C=O) groups is 1. The van der Waals surface area contributed by atoms with Crippen LogP contribution >= 0.6 is 0 Å². The van der Waals surface area contributed by atoms with E-state index in [4.69, 9.17) is 9.84 Å². The van der Waals surface area contributed by atoms with Gasteiger partial charge in [0.1, 0.15) is 6.61 Å². The summed E-state index contributed by atoms with van der Waals surface area (Å²) in [4.78, 5) is 11.2. The third-order valence-corrected chi connectivity index (χ3v) is 2.24. The quantitative estimate of drug-likeness (QED) is 0.818. The number of rotatable bonds is 4. The molecule has 1 aromatic rings. The Hall–Kier alpha value is -1.55. The molecule has 1 aromatic carbocycles. The number of nitrogens with one attached hydrogen (secondary N) is 1. The molecule has 16 heavy (non-hydrogen) atoms. The van der Waals surface area contributed by atoms with Crippen LogP contribution in [-0.4, -0.2) is 24.4 Å². The van der Waals surface area contributed by atoms with E-state index in [0.29, 0.717) is 0 Å². The zero-order valence-corrected chi connectivity index (χ0v) is 9.56. The van der Waals surface area contributed by atoms with Gasteiger partial charge in [-0.1, -0.05) is 29.8 Å². The number of benzene rings is 1. The van der Waals surface area contributed by atoms with E-state index in [-0.39, 0.29) is 19.3 Å². The van der Waals surface area contributed by atoms with Crippen LogP contribution in [0, 0.1) is 6.92 Å². The molecule has 0 saturated heterocycles. The fraction of sp³-hybridized carbons (Fsp3) is 0.417. The van der Waals surface area contributed by atoms with Crippen LogP contribution in [-0.2, 0) is 4.74 Å². The number of aryl methyl sites for hydroxylation is 1. The molecule has 4 heteroatoms. The molecule has 0 aliphatic heterocycles. The maximum atomic E-state index is 11.2. The normalized spacial score (nSPS) is 11.9. The van der Waals surface area contributed by atoms with Crippen molar-refractivity contribution < 1.29 is 14.6 Å². The van der Waals surface area contributed by atoms with Crippen molar-refractivity contribution in [2.75, 3.05) is 13.2 Å². The maximum absolute atomic E-state index is 11.2. The summed E-state index contributed by atoms with van der Waals surface area (Å²) in [5, 5.41) is 11.2. The summed E-state index contributed by atoms with van der Waals surface area (Å²) in [6, 6.07) is 7.81. The predicted octanol–water partition coefficient (Wildman–Crippen LogP) is 1.77. The topological polar surface area (TPSA) is 58.6 Å². The van der Waals surface area contributed by atoms with E-state index in [2.05, 4.69) is 5.32 Å². The smallest absolute Gasteiger partial charge is 0.407 e. The van der Waals surface area contributed by atoms with Crippen LogP contribution in [0.25, 0.3) is 0 Å². The molecular weight excluding hydrogens is 206 g/mol. The van der Waals surface area contributed by atoms with E-state index < -0.39 is 6.09 Å². The Labute approximate surface area is 95.2 Å². The van der Waals surface area contributed by atoms with Gasteiger partial charge in [0.05, 0.1) is 12.6 Å². The molecule has 1 amide bonds. The lowest BCUT2D eigenvalue weighted by molar-refractivity contribution is 0.116. The number of hydrogen-bond donors (Lipinski definition) is 2. The Morgan fingerprint density at radius 3 is 2.62 bits per heavy atom. The highest BCUT2D eigenvalue weighted by Gasteiger charge is 2.09. The highest BCUT2D eigenvalue weighted by Crippen LogP contribution is 2.12. The molecule has 88 valence electrons. The molecule has 0 aromatic heterocycles.